The average Bonchev–Trinajstić information content (AvgIpc) is 2.18. The zero-order valence-corrected chi connectivity index (χ0v) is 9.20. The second-order valence-electron chi connectivity index (χ2n) is 4.30. The van der Waals surface area contributed by atoms with Gasteiger partial charge in [-0.3, -0.25) is 4.79 Å². The highest BCUT2D eigenvalue weighted by Gasteiger charge is 2.45. The minimum atomic E-state index is -4.77. The molecule has 4 nitrogen and oxygen atoms in total. The van der Waals surface area contributed by atoms with E-state index in [0.29, 0.717) is 12.8 Å². The summed E-state index contributed by atoms with van der Waals surface area (Å²) in [6.45, 7) is -0.694. The fourth-order valence-electron chi connectivity index (χ4n) is 1.96. The Kier molecular flexibility index (Phi) is 4.76. The van der Waals surface area contributed by atoms with Crippen LogP contribution in [-0.4, -0.2) is 41.0 Å². The highest BCUT2D eigenvalue weighted by molar-refractivity contribution is 5.71. The number of rotatable bonds is 4. The number of nitrogens with one attached hydrogen (secondary N) is 1. The number of carbonyl (C=O) groups is 1. The van der Waals surface area contributed by atoms with Gasteiger partial charge in [0.05, 0.1) is 6.10 Å². The second-order valence-corrected chi connectivity index (χ2v) is 4.30. The van der Waals surface area contributed by atoms with E-state index in [0.717, 1.165) is 12.8 Å². The SMILES string of the molecule is O=C(O)C(CNC1CCCCC1O)C(F)(F)F. The molecule has 0 heterocycles. The van der Waals surface area contributed by atoms with Gasteiger partial charge in [0.2, 0.25) is 0 Å². The third-order valence-corrected chi connectivity index (χ3v) is 3.01. The van der Waals surface area contributed by atoms with E-state index in [-0.39, 0.29) is 0 Å². The maximum atomic E-state index is 12.3. The summed E-state index contributed by atoms with van der Waals surface area (Å²) >= 11 is 0. The number of aliphatic hydroxyl groups excluding tert-OH is 1. The van der Waals surface area contributed by atoms with Crippen LogP contribution in [0.15, 0.2) is 0 Å². The van der Waals surface area contributed by atoms with Crippen molar-refractivity contribution in [2.45, 2.75) is 44.0 Å². The Bertz CT molecular complexity index is 270. The normalized spacial score (nSPS) is 27.8. The monoisotopic (exact) mass is 255 g/mol. The van der Waals surface area contributed by atoms with Crippen molar-refractivity contribution < 1.29 is 28.2 Å². The first kappa shape index (κ1) is 14.2. The molecule has 0 aromatic heterocycles. The third kappa shape index (κ3) is 4.16. The van der Waals surface area contributed by atoms with Gasteiger partial charge in [0.15, 0.2) is 5.92 Å². The van der Waals surface area contributed by atoms with Crippen molar-refractivity contribution >= 4 is 5.97 Å². The lowest BCUT2D eigenvalue weighted by Gasteiger charge is -2.29. The van der Waals surface area contributed by atoms with Crippen LogP contribution in [0.5, 0.6) is 0 Å². The number of alkyl halides is 3. The zero-order valence-electron chi connectivity index (χ0n) is 9.20. The molecule has 3 N–H and O–H groups in total. The van der Waals surface area contributed by atoms with Gasteiger partial charge in [-0.1, -0.05) is 12.8 Å². The molecule has 7 heteroatoms. The number of carboxylic acids is 1. The molecular weight excluding hydrogens is 239 g/mol. The molecule has 3 atom stereocenters. The Labute approximate surface area is 96.8 Å². The molecule has 0 spiro atoms. The molecule has 17 heavy (non-hydrogen) atoms. The van der Waals surface area contributed by atoms with Crippen LogP contribution >= 0.6 is 0 Å². The Balaban J connectivity index is 2.49. The van der Waals surface area contributed by atoms with E-state index < -0.39 is 36.8 Å². The van der Waals surface area contributed by atoms with E-state index in [1.165, 1.54) is 0 Å². The van der Waals surface area contributed by atoms with E-state index in [1.54, 1.807) is 0 Å². The Morgan fingerprint density at radius 3 is 2.41 bits per heavy atom. The van der Waals surface area contributed by atoms with Crippen LogP contribution < -0.4 is 5.32 Å². The summed E-state index contributed by atoms with van der Waals surface area (Å²) in [7, 11) is 0. The lowest BCUT2D eigenvalue weighted by Crippen LogP contribution is -2.47. The number of carboxylic acid groups (broad SMARTS) is 1. The number of aliphatic hydroxyl groups is 1. The molecule has 1 aliphatic carbocycles. The summed E-state index contributed by atoms with van der Waals surface area (Å²) < 4.78 is 37.0. The van der Waals surface area contributed by atoms with Gasteiger partial charge >= 0.3 is 12.1 Å². The number of aliphatic carboxylic acids is 1. The minimum Gasteiger partial charge on any atom is -0.481 e. The molecular formula is C10H16F3NO3. The van der Waals surface area contributed by atoms with Gasteiger partial charge in [-0.15, -0.1) is 0 Å². The van der Waals surface area contributed by atoms with Crippen molar-refractivity contribution in [1.82, 2.24) is 5.32 Å². The van der Waals surface area contributed by atoms with Crippen molar-refractivity contribution in [2.24, 2.45) is 5.92 Å². The number of halogens is 3. The quantitative estimate of drug-likeness (QED) is 0.704. The highest BCUT2D eigenvalue weighted by atomic mass is 19.4. The molecule has 1 aliphatic rings. The first-order valence-electron chi connectivity index (χ1n) is 5.53. The lowest BCUT2D eigenvalue weighted by molar-refractivity contribution is -0.193. The molecule has 3 unspecified atom stereocenters. The standard InChI is InChI=1S/C10H16F3NO3/c11-10(12,13)6(9(16)17)5-14-7-3-1-2-4-8(7)15/h6-8,14-15H,1-5H2,(H,16,17). The van der Waals surface area contributed by atoms with Gasteiger partial charge in [-0.25, -0.2) is 0 Å². The van der Waals surface area contributed by atoms with Crippen LogP contribution in [0.3, 0.4) is 0 Å². The lowest BCUT2D eigenvalue weighted by atomic mass is 9.92. The first-order chi connectivity index (χ1) is 7.82. The maximum Gasteiger partial charge on any atom is 0.403 e. The van der Waals surface area contributed by atoms with Gasteiger partial charge in [0, 0.05) is 12.6 Å². The predicted octanol–water partition coefficient (Wildman–Crippen LogP) is 1.14. The van der Waals surface area contributed by atoms with Gasteiger partial charge in [-0.2, -0.15) is 13.2 Å². The van der Waals surface area contributed by atoms with Gasteiger partial charge in [0.25, 0.3) is 0 Å². The summed E-state index contributed by atoms with van der Waals surface area (Å²) in [5.41, 5.74) is 0. The van der Waals surface area contributed by atoms with Crippen LogP contribution in [0.4, 0.5) is 13.2 Å². The smallest absolute Gasteiger partial charge is 0.403 e. The number of hydrogen-bond donors (Lipinski definition) is 3. The van der Waals surface area contributed by atoms with Gasteiger partial charge in [0.1, 0.15) is 0 Å². The third-order valence-electron chi connectivity index (χ3n) is 3.01. The first-order valence-corrected chi connectivity index (χ1v) is 5.53. The van der Waals surface area contributed by atoms with Gasteiger partial charge < -0.3 is 15.5 Å². The predicted molar refractivity (Wildman–Crippen MR) is 53.4 cm³/mol. The Morgan fingerprint density at radius 1 is 1.35 bits per heavy atom. The van der Waals surface area contributed by atoms with Crippen molar-refractivity contribution in [2.75, 3.05) is 6.54 Å². The molecule has 1 fully saturated rings. The van der Waals surface area contributed by atoms with E-state index in [2.05, 4.69) is 5.32 Å². The van der Waals surface area contributed by atoms with Crippen LogP contribution in [-0.2, 0) is 4.79 Å². The molecule has 0 aromatic carbocycles. The molecule has 1 saturated carbocycles. The summed E-state index contributed by atoms with van der Waals surface area (Å²) in [4.78, 5) is 10.5. The fraction of sp³-hybridized carbons (Fsp3) is 0.900. The second kappa shape index (κ2) is 5.68. The Hall–Kier alpha value is -0.820. The van der Waals surface area contributed by atoms with Gasteiger partial charge in [-0.05, 0) is 12.8 Å². The minimum absolute atomic E-state index is 0.437. The molecule has 0 radical (unpaired) electrons. The maximum absolute atomic E-state index is 12.3. The topological polar surface area (TPSA) is 69.6 Å². The molecule has 1 rings (SSSR count). The molecule has 0 saturated heterocycles. The summed E-state index contributed by atoms with van der Waals surface area (Å²) in [6, 6.07) is -0.437. The van der Waals surface area contributed by atoms with E-state index >= 15 is 0 Å². The van der Waals surface area contributed by atoms with E-state index in [4.69, 9.17) is 5.11 Å². The average molecular weight is 255 g/mol. The van der Waals surface area contributed by atoms with Crippen LogP contribution in [0.25, 0.3) is 0 Å². The summed E-state index contributed by atoms with van der Waals surface area (Å²) in [5, 5.41) is 20.5. The van der Waals surface area contributed by atoms with E-state index in [1.807, 2.05) is 0 Å². The Morgan fingerprint density at radius 2 is 1.94 bits per heavy atom. The summed E-state index contributed by atoms with van der Waals surface area (Å²) in [5.74, 6) is -4.31. The summed E-state index contributed by atoms with van der Waals surface area (Å²) in [6.07, 6.45) is -2.66. The number of hydrogen-bond acceptors (Lipinski definition) is 3. The molecule has 0 bridgehead atoms. The fourth-order valence-corrected chi connectivity index (χ4v) is 1.96. The van der Waals surface area contributed by atoms with E-state index in [9.17, 15) is 23.1 Å². The van der Waals surface area contributed by atoms with Crippen LogP contribution in [0.1, 0.15) is 25.7 Å². The van der Waals surface area contributed by atoms with Crippen LogP contribution in [0.2, 0.25) is 0 Å². The van der Waals surface area contributed by atoms with Crippen LogP contribution in [0, 0.1) is 5.92 Å². The molecule has 0 aliphatic heterocycles. The van der Waals surface area contributed by atoms with Crippen molar-refractivity contribution in [3.8, 4) is 0 Å². The highest BCUT2D eigenvalue weighted by Crippen LogP contribution is 2.26. The molecule has 100 valence electrons. The van der Waals surface area contributed by atoms with Crippen molar-refractivity contribution in [1.29, 1.82) is 0 Å². The zero-order chi connectivity index (χ0) is 13.1. The molecule has 0 amide bonds. The van der Waals surface area contributed by atoms with Crippen molar-refractivity contribution in [3.63, 3.8) is 0 Å². The molecule has 0 aromatic rings. The largest absolute Gasteiger partial charge is 0.481 e. The van der Waals surface area contributed by atoms with Crippen molar-refractivity contribution in [3.05, 3.63) is 0 Å².